The quantitative estimate of drug-likeness (QED) is 0.634. The summed E-state index contributed by atoms with van der Waals surface area (Å²) in [5.74, 6) is 0. The molecular weight excluding hydrogens is 210 g/mol. The topological polar surface area (TPSA) is 30.7 Å². The summed E-state index contributed by atoms with van der Waals surface area (Å²) >= 11 is 0. The van der Waals surface area contributed by atoms with Crippen LogP contribution in [0.5, 0.6) is 0 Å². The zero-order chi connectivity index (χ0) is 11.8. The number of nitrogens with zero attached hydrogens (tertiary/aromatic N) is 3. The molecule has 3 heteroatoms. The molecule has 0 aliphatic carbocycles. The Labute approximate surface area is 99.8 Å². The summed E-state index contributed by atoms with van der Waals surface area (Å²) in [5.41, 5.74) is 4.56. The Morgan fingerprint density at radius 3 is 2.76 bits per heavy atom. The van der Waals surface area contributed by atoms with Crippen LogP contribution in [0.1, 0.15) is 11.3 Å². The van der Waals surface area contributed by atoms with Gasteiger partial charge in [-0.15, -0.1) is 0 Å². The number of aryl methyl sites for hydroxylation is 2. The van der Waals surface area contributed by atoms with E-state index in [9.17, 15) is 0 Å². The molecule has 0 amide bonds. The molecule has 0 saturated heterocycles. The Hall–Kier alpha value is -2.16. The smallest absolute Gasteiger partial charge is 0.148 e. The lowest BCUT2D eigenvalue weighted by Crippen LogP contribution is -1.99. The molecule has 3 aromatic rings. The van der Waals surface area contributed by atoms with Crippen LogP contribution >= 0.6 is 0 Å². The van der Waals surface area contributed by atoms with Gasteiger partial charge >= 0.3 is 0 Å². The summed E-state index contributed by atoms with van der Waals surface area (Å²) in [6.07, 6.45) is 3.45. The van der Waals surface area contributed by atoms with Gasteiger partial charge in [-0.05, 0) is 31.5 Å². The predicted octanol–water partition coefficient (Wildman–Crippen LogP) is 3.04. The van der Waals surface area contributed by atoms with E-state index in [1.54, 1.807) is 6.33 Å². The van der Waals surface area contributed by atoms with E-state index in [0.717, 1.165) is 11.0 Å². The van der Waals surface area contributed by atoms with E-state index < -0.39 is 0 Å². The highest BCUT2D eigenvalue weighted by molar-refractivity contribution is 5.78. The Morgan fingerprint density at radius 2 is 1.94 bits per heavy atom. The van der Waals surface area contributed by atoms with Gasteiger partial charge in [0.1, 0.15) is 12.0 Å². The fraction of sp³-hybridized carbons (Fsp3) is 0.143. The van der Waals surface area contributed by atoms with E-state index >= 15 is 0 Å². The first-order valence-electron chi connectivity index (χ1n) is 5.61. The summed E-state index contributed by atoms with van der Waals surface area (Å²) in [5, 5.41) is 1.08. The minimum atomic E-state index is 0.965. The molecule has 1 aromatic carbocycles. The number of fused-ring (bicyclic) bond motifs is 1. The molecule has 0 N–H and O–H groups in total. The van der Waals surface area contributed by atoms with E-state index in [0.29, 0.717) is 0 Å². The van der Waals surface area contributed by atoms with Gasteiger partial charge in [0.2, 0.25) is 0 Å². The molecule has 3 rings (SSSR count). The van der Waals surface area contributed by atoms with Crippen LogP contribution in [-0.4, -0.2) is 14.5 Å². The molecule has 0 saturated carbocycles. The van der Waals surface area contributed by atoms with Crippen molar-refractivity contribution in [1.29, 1.82) is 0 Å². The van der Waals surface area contributed by atoms with Crippen LogP contribution in [0.3, 0.4) is 0 Å². The fourth-order valence-electron chi connectivity index (χ4n) is 2.20. The highest BCUT2D eigenvalue weighted by atomic mass is 15.1. The molecule has 0 aliphatic heterocycles. The Kier molecular flexibility index (Phi) is 2.18. The lowest BCUT2D eigenvalue weighted by molar-refractivity contribution is 1.01. The first-order valence-corrected chi connectivity index (χ1v) is 5.61. The SMILES string of the molecule is Cc1ccccc1-n1c(C)cc2cncnc21. The first-order chi connectivity index (χ1) is 8.27. The van der Waals surface area contributed by atoms with E-state index in [1.807, 2.05) is 6.20 Å². The lowest BCUT2D eigenvalue weighted by atomic mass is 10.2. The second-order valence-electron chi connectivity index (χ2n) is 4.21. The standard InChI is InChI=1S/C14H13N3/c1-10-5-3-4-6-13(10)17-11(2)7-12-8-15-9-16-14(12)17/h3-9H,1-2H3. The number of benzene rings is 1. The number of hydrogen-bond acceptors (Lipinski definition) is 2. The third-order valence-electron chi connectivity index (χ3n) is 3.00. The molecule has 0 spiro atoms. The van der Waals surface area contributed by atoms with Gasteiger partial charge in [-0.25, -0.2) is 9.97 Å². The van der Waals surface area contributed by atoms with Crippen LogP contribution in [0.4, 0.5) is 0 Å². The summed E-state index contributed by atoms with van der Waals surface area (Å²) in [6, 6.07) is 10.4. The molecule has 0 unspecified atom stereocenters. The molecule has 0 aliphatic rings. The second kappa shape index (κ2) is 3.70. The molecule has 0 atom stereocenters. The number of hydrogen-bond donors (Lipinski definition) is 0. The maximum Gasteiger partial charge on any atom is 0.148 e. The van der Waals surface area contributed by atoms with Crippen molar-refractivity contribution in [1.82, 2.24) is 14.5 Å². The van der Waals surface area contributed by atoms with Crippen molar-refractivity contribution >= 4 is 11.0 Å². The molecule has 3 nitrogen and oxygen atoms in total. The van der Waals surface area contributed by atoms with E-state index in [-0.39, 0.29) is 0 Å². The van der Waals surface area contributed by atoms with E-state index in [1.165, 1.54) is 16.9 Å². The third kappa shape index (κ3) is 1.51. The highest BCUT2D eigenvalue weighted by Crippen LogP contribution is 2.23. The summed E-state index contributed by atoms with van der Waals surface area (Å²) in [6.45, 7) is 4.20. The van der Waals surface area contributed by atoms with Gasteiger partial charge in [0, 0.05) is 17.3 Å². The molecule has 0 radical (unpaired) electrons. The number of para-hydroxylation sites is 1. The predicted molar refractivity (Wildman–Crippen MR) is 68.3 cm³/mol. The molecular formula is C14H13N3. The van der Waals surface area contributed by atoms with E-state index in [2.05, 4.69) is 58.7 Å². The maximum absolute atomic E-state index is 4.37. The Bertz CT molecular complexity index is 683. The van der Waals surface area contributed by atoms with Crippen molar-refractivity contribution < 1.29 is 0 Å². The average Bonchev–Trinajstić information content (AvgIpc) is 2.66. The van der Waals surface area contributed by atoms with Gasteiger partial charge in [-0.3, -0.25) is 4.57 Å². The Morgan fingerprint density at radius 1 is 1.12 bits per heavy atom. The second-order valence-corrected chi connectivity index (χ2v) is 4.21. The molecule has 17 heavy (non-hydrogen) atoms. The van der Waals surface area contributed by atoms with Gasteiger partial charge in [0.15, 0.2) is 0 Å². The van der Waals surface area contributed by atoms with E-state index in [4.69, 9.17) is 0 Å². The van der Waals surface area contributed by atoms with Gasteiger partial charge in [0.25, 0.3) is 0 Å². The number of rotatable bonds is 1. The first kappa shape index (κ1) is 10.0. The summed E-state index contributed by atoms with van der Waals surface area (Å²) < 4.78 is 2.17. The summed E-state index contributed by atoms with van der Waals surface area (Å²) in [4.78, 5) is 8.43. The average molecular weight is 223 g/mol. The van der Waals surface area contributed by atoms with Gasteiger partial charge in [0.05, 0.1) is 5.69 Å². The monoisotopic (exact) mass is 223 g/mol. The normalized spacial score (nSPS) is 10.9. The van der Waals surface area contributed by atoms with Crippen molar-refractivity contribution in [3.63, 3.8) is 0 Å². The molecule has 0 bridgehead atoms. The molecule has 0 fully saturated rings. The molecule has 84 valence electrons. The van der Waals surface area contributed by atoms with Gasteiger partial charge in [-0.1, -0.05) is 18.2 Å². The van der Waals surface area contributed by atoms with Crippen LogP contribution in [0.15, 0.2) is 42.9 Å². The van der Waals surface area contributed by atoms with Gasteiger partial charge < -0.3 is 0 Å². The minimum absolute atomic E-state index is 0.965. The van der Waals surface area contributed by atoms with Crippen molar-refractivity contribution in [3.8, 4) is 5.69 Å². The van der Waals surface area contributed by atoms with Gasteiger partial charge in [-0.2, -0.15) is 0 Å². The lowest BCUT2D eigenvalue weighted by Gasteiger charge is -2.10. The zero-order valence-corrected chi connectivity index (χ0v) is 9.88. The largest absolute Gasteiger partial charge is 0.298 e. The van der Waals surface area contributed by atoms with Crippen LogP contribution in [0, 0.1) is 13.8 Å². The van der Waals surface area contributed by atoms with Crippen molar-refractivity contribution in [2.24, 2.45) is 0 Å². The van der Waals surface area contributed by atoms with Crippen LogP contribution in [-0.2, 0) is 0 Å². The fourth-order valence-corrected chi connectivity index (χ4v) is 2.20. The minimum Gasteiger partial charge on any atom is -0.298 e. The van der Waals surface area contributed by atoms with Crippen molar-refractivity contribution in [2.75, 3.05) is 0 Å². The molecule has 2 heterocycles. The highest BCUT2D eigenvalue weighted by Gasteiger charge is 2.09. The van der Waals surface area contributed by atoms with Crippen LogP contribution in [0.2, 0.25) is 0 Å². The van der Waals surface area contributed by atoms with Crippen molar-refractivity contribution in [3.05, 3.63) is 54.1 Å². The van der Waals surface area contributed by atoms with Crippen LogP contribution in [0.25, 0.3) is 16.7 Å². The van der Waals surface area contributed by atoms with Crippen LogP contribution < -0.4 is 0 Å². The van der Waals surface area contributed by atoms with Crippen molar-refractivity contribution in [2.45, 2.75) is 13.8 Å². The maximum atomic E-state index is 4.37. The zero-order valence-electron chi connectivity index (χ0n) is 9.88. The molecule has 2 aromatic heterocycles. The number of aromatic nitrogens is 3. The third-order valence-corrected chi connectivity index (χ3v) is 3.00. The Balaban J connectivity index is 2.38. The summed E-state index contributed by atoms with van der Waals surface area (Å²) in [7, 11) is 0.